The van der Waals surface area contributed by atoms with Gasteiger partial charge in [-0.15, -0.1) is 22.6 Å². The summed E-state index contributed by atoms with van der Waals surface area (Å²) in [6.07, 6.45) is 0. The molecule has 19 heavy (non-hydrogen) atoms. The van der Waals surface area contributed by atoms with Crippen molar-refractivity contribution in [2.45, 2.75) is 20.0 Å². The molecule has 1 aromatic heterocycles. The molecule has 7 heteroatoms. The highest BCUT2D eigenvalue weighted by Crippen LogP contribution is 2.19. The smallest absolute Gasteiger partial charge is 0.257 e. The summed E-state index contributed by atoms with van der Waals surface area (Å²) in [6.45, 7) is 3.57. The maximum Gasteiger partial charge on any atom is 0.257 e. The van der Waals surface area contributed by atoms with Crippen molar-refractivity contribution in [1.29, 1.82) is 0 Å². The second-order valence-corrected chi connectivity index (χ2v) is 5.35. The van der Waals surface area contributed by atoms with E-state index in [2.05, 4.69) is 20.8 Å². The van der Waals surface area contributed by atoms with Gasteiger partial charge >= 0.3 is 0 Å². The fraction of sp³-hybridized carbons (Fsp3) is 0.250. The quantitative estimate of drug-likeness (QED) is 0.891. The van der Waals surface area contributed by atoms with Crippen LogP contribution in [0, 0.1) is 6.92 Å². The molecule has 2 N–H and O–H groups in total. The number of aryl methyl sites for hydroxylation is 1. The fourth-order valence-electron chi connectivity index (χ4n) is 1.95. The maximum atomic E-state index is 12.0. The highest BCUT2D eigenvalue weighted by molar-refractivity contribution is 7.15. The van der Waals surface area contributed by atoms with Gasteiger partial charge in [0.05, 0.1) is 0 Å². The highest BCUT2D eigenvalue weighted by Gasteiger charge is 2.14. The van der Waals surface area contributed by atoms with E-state index in [9.17, 15) is 4.79 Å². The van der Waals surface area contributed by atoms with E-state index in [-0.39, 0.29) is 18.3 Å². The van der Waals surface area contributed by atoms with Crippen molar-refractivity contribution in [1.82, 2.24) is 15.5 Å². The molecule has 2 aromatic rings. The average Bonchev–Trinajstić information content (AvgIpc) is 2.96. The zero-order valence-electron chi connectivity index (χ0n) is 10.3. The van der Waals surface area contributed by atoms with E-state index in [1.54, 1.807) is 0 Å². The first-order chi connectivity index (χ1) is 8.72. The van der Waals surface area contributed by atoms with E-state index in [1.165, 1.54) is 22.5 Å². The Balaban J connectivity index is 0.00000133. The van der Waals surface area contributed by atoms with Crippen LogP contribution >= 0.6 is 23.7 Å². The van der Waals surface area contributed by atoms with Crippen LogP contribution in [0.25, 0.3) is 0 Å². The third-order valence-corrected chi connectivity index (χ3v) is 3.60. The molecule has 3 rings (SSSR count). The lowest BCUT2D eigenvalue weighted by atomic mass is 10.1. The standard InChI is InChI=1S/C12H12N4OS.ClH/c1-7-15-16-12(18-7)14-11(17)8-2-3-9-5-13-6-10(9)4-8;/h2-4,13H,5-6H2,1H3,(H,14,16,17);1H. The molecule has 0 unspecified atom stereocenters. The highest BCUT2D eigenvalue weighted by atomic mass is 35.5. The predicted octanol–water partition coefficient (Wildman–Crippen LogP) is 2.12. The van der Waals surface area contributed by atoms with Crippen molar-refractivity contribution in [2.24, 2.45) is 0 Å². The number of carbonyl (C=O) groups excluding carboxylic acids is 1. The van der Waals surface area contributed by atoms with Crippen molar-refractivity contribution in [3.8, 4) is 0 Å². The molecule has 1 aliphatic rings. The zero-order chi connectivity index (χ0) is 12.5. The lowest BCUT2D eigenvalue weighted by Crippen LogP contribution is -2.12. The van der Waals surface area contributed by atoms with Gasteiger partial charge in [0.1, 0.15) is 5.01 Å². The van der Waals surface area contributed by atoms with Crippen LogP contribution in [-0.2, 0) is 13.1 Å². The summed E-state index contributed by atoms with van der Waals surface area (Å²) in [4.78, 5) is 12.0. The summed E-state index contributed by atoms with van der Waals surface area (Å²) < 4.78 is 0. The van der Waals surface area contributed by atoms with E-state index >= 15 is 0 Å². The fourth-order valence-corrected chi connectivity index (χ4v) is 2.54. The molecule has 0 saturated heterocycles. The van der Waals surface area contributed by atoms with Crippen LogP contribution in [0.4, 0.5) is 5.13 Å². The Bertz CT molecular complexity index is 614. The summed E-state index contributed by atoms with van der Waals surface area (Å²) in [5, 5.41) is 15.1. The molecular formula is C12H13ClN4OS. The van der Waals surface area contributed by atoms with E-state index in [0.717, 1.165) is 18.1 Å². The molecule has 0 atom stereocenters. The molecule has 5 nitrogen and oxygen atoms in total. The first-order valence-electron chi connectivity index (χ1n) is 5.66. The number of benzene rings is 1. The minimum absolute atomic E-state index is 0. The number of aromatic nitrogens is 2. The molecule has 1 aliphatic heterocycles. The van der Waals surface area contributed by atoms with Crippen molar-refractivity contribution >= 4 is 34.8 Å². The molecule has 0 radical (unpaired) electrons. The molecule has 0 bridgehead atoms. The van der Waals surface area contributed by atoms with Crippen LogP contribution in [0.1, 0.15) is 26.5 Å². The first-order valence-corrected chi connectivity index (χ1v) is 6.48. The van der Waals surface area contributed by atoms with Gasteiger partial charge in [0.25, 0.3) is 5.91 Å². The van der Waals surface area contributed by atoms with Gasteiger partial charge in [0.2, 0.25) is 5.13 Å². The van der Waals surface area contributed by atoms with Crippen LogP contribution in [0.3, 0.4) is 0 Å². The summed E-state index contributed by atoms with van der Waals surface area (Å²) in [6, 6.07) is 5.77. The molecular weight excluding hydrogens is 284 g/mol. The molecule has 0 fully saturated rings. The monoisotopic (exact) mass is 296 g/mol. The molecule has 2 heterocycles. The number of hydrogen-bond donors (Lipinski definition) is 2. The third-order valence-electron chi connectivity index (χ3n) is 2.85. The molecule has 100 valence electrons. The number of halogens is 1. The second kappa shape index (κ2) is 5.64. The van der Waals surface area contributed by atoms with Gasteiger partial charge in [-0.2, -0.15) is 0 Å². The minimum Gasteiger partial charge on any atom is -0.309 e. The number of nitrogens with one attached hydrogen (secondary N) is 2. The van der Waals surface area contributed by atoms with Crippen LogP contribution in [0.2, 0.25) is 0 Å². The maximum absolute atomic E-state index is 12.0. The van der Waals surface area contributed by atoms with Gasteiger partial charge in [-0.1, -0.05) is 17.4 Å². The van der Waals surface area contributed by atoms with Gasteiger partial charge in [-0.25, -0.2) is 0 Å². The van der Waals surface area contributed by atoms with E-state index in [4.69, 9.17) is 0 Å². The van der Waals surface area contributed by atoms with Crippen molar-refractivity contribution in [3.63, 3.8) is 0 Å². The van der Waals surface area contributed by atoms with Gasteiger partial charge in [-0.3, -0.25) is 10.1 Å². The number of fused-ring (bicyclic) bond motifs is 1. The van der Waals surface area contributed by atoms with E-state index in [1.807, 2.05) is 25.1 Å². The number of rotatable bonds is 2. The number of anilines is 1. The Morgan fingerprint density at radius 2 is 2.11 bits per heavy atom. The van der Waals surface area contributed by atoms with E-state index in [0.29, 0.717) is 10.7 Å². The summed E-state index contributed by atoms with van der Waals surface area (Å²) in [5.41, 5.74) is 3.11. The van der Waals surface area contributed by atoms with Crippen LogP contribution in [0.15, 0.2) is 18.2 Å². The van der Waals surface area contributed by atoms with Crippen LogP contribution < -0.4 is 10.6 Å². The van der Waals surface area contributed by atoms with Crippen molar-refractivity contribution in [2.75, 3.05) is 5.32 Å². The molecule has 0 aliphatic carbocycles. The lowest BCUT2D eigenvalue weighted by Gasteiger charge is -2.03. The van der Waals surface area contributed by atoms with Gasteiger partial charge in [-0.05, 0) is 30.2 Å². The summed E-state index contributed by atoms with van der Waals surface area (Å²) in [7, 11) is 0. The number of carbonyl (C=O) groups is 1. The lowest BCUT2D eigenvalue weighted by molar-refractivity contribution is 0.102. The van der Waals surface area contributed by atoms with Gasteiger partial charge < -0.3 is 5.32 Å². The Morgan fingerprint density at radius 1 is 1.32 bits per heavy atom. The summed E-state index contributed by atoms with van der Waals surface area (Å²) >= 11 is 1.37. The topological polar surface area (TPSA) is 66.9 Å². The Labute approximate surface area is 120 Å². The third kappa shape index (κ3) is 2.91. The van der Waals surface area contributed by atoms with Crippen molar-refractivity contribution < 1.29 is 4.79 Å². The largest absolute Gasteiger partial charge is 0.309 e. The first kappa shape index (κ1) is 13.9. The molecule has 0 spiro atoms. The number of hydrogen-bond acceptors (Lipinski definition) is 5. The van der Waals surface area contributed by atoms with E-state index < -0.39 is 0 Å². The second-order valence-electron chi connectivity index (χ2n) is 4.17. The zero-order valence-corrected chi connectivity index (χ0v) is 11.9. The van der Waals surface area contributed by atoms with Crippen LogP contribution in [0.5, 0.6) is 0 Å². The van der Waals surface area contributed by atoms with Crippen LogP contribution in [-0.4, -0.2) is 16.1 Å². The molecule has 1 aromatic carbocycles. The summed E-state index contributed by atoms with van der Waals surface area (Å²) in [5.74, 6) is -0.138. The Kier molecular flexibility index (Phi) is 4.14. The van der Waals surface area contributed by atoms with Gasteiger partial charge in [0.15, 0.2) is 0 Å². The van der Waals surface area contributed by atoms with Gasteiger partial charge in [0, 0.05) is 18.7 Å². The Morgan fingerprint density at radius 3 is 2.84 bits per heavy atom. The SMILES string of the molecule is Cc1nnc(NC(=O)c2ccc3c(c2)CNC3)s1.Cl. The normalized spacial score (nSPS) is 12.7. The number of nitrogens with zero attached hydrogens (tertiary/aromatic N) is 2. The average molecular weight is 297 g/mol. The number of amides is 1. The molecule has 0 saturated carbocycles. The molecule has 1 amide bonds. The van der Waals surface area contributed by atoms with Crippen molar-refractivity contribution in [3.05, 3.63) is 39.9 Å². The minimum atomic E-state index is -0.138. The predicted molar refractivity (Wildman–Crippen MR) is 76.8 cm³/mol. The Hall–Kier alpha value is -1.50.